The van der Waals surface area contributed by atoms with E-state index in [0.29, 0.717) is 6.61 Å². The van der Waals surface area contributed by atoms with E-state index >= 15 is 0 Å². The van der Waals surface area contributed by atoms with Gasteiger partial charge < -0.3 is 9.84 Å². The molecule has 2 heterocycles. The number of alkyl halides is 2. The van der Waals surface area contributed by atoms with Crippen molar-refractivity contribution in [3.05, 3.63) is 35.9 Å². The van der Waals surface area contributed by atoms with Crippen molar-refractivity contribution in [3.63, 3.8) is 0 Å². The lowest BCUT2D eigenvalue weighted by Gasteiger charge is -2.21. The molecule has 2 unspecified atom stereocenters. The van der Waals surface area contributed by atoms with Gasteiger partial charge in [-0.3, -0.25) is 4.98 Å². The topological polar surface area (TPSA) is 86.0 Å². The summed E-state index contributed by atoms with van der Waals surface area (Å²) in [5.74, 6) is 0. The minimum absolute atomic E-state index is 0.193. The van der Waals surface area contributed by atoms with Crippen LogP contribution in [0.15, 0.2) is 24.7 Å². The maximum absolute atomic E-state index is 12.9. The molecule has 0 saturated heterocycles. The first-order valence-corrected chi connectivity index (χ1v) is 7.74. The van der Waals surface area contributed by atoms with Crippen LogP contribution in [0.2, 0.25) is 0 Å². The van der Waals surface area contributed by atoms with Crippen LogP contribution in [0.4, 0.5) is 8.78 Å². The Morgan fingerprint density at radius 1 is 1.29 bits per heavy atom. The predicted molar refractivity (Wildman–Crippen MR) is 81.6 cm³/mol. The number of aromatic nitrogens is 5. The maximum Gasteiger partial charge on any atom is 0.266 e. The first-order valence-electron chi connectivity index (χ1n) is 7.74. The van der Waals surface area contributed by atoms with Crippen molar-refractivity contribution in [2.45, 2.75) is 51.4 Å². The molecule has 0 bridgehead atoms. The third-order valence-electron chi connectivity index (χ3n) is 3.44. The van der Waals surface area contributed by atoms with Crippen molar-refractivity contribution < 1.29 is 18.6 Å². The molecule has 0 aliphatic rings. The van der Waals surface area contributed by atoms with Crippen LogP contribution >= 0.6 is 0 Å². The van der Waals surface area contributed by atoms with E-state index in [-0.39, 0.29) is 11.8 Å². The van der Waals surface area contributed by atoms with Gasteiger partial charge >= 0.3 is 0 Å². The average Bonchev–Trinajstić information content (AvgIpc) is 3.07. The summed E-state index contributed by atoms with van der Waals surface area (Å²) in [6.45, 7) is 4.60. The Hall–Kier alpha value is -2.00. The number of hydrogen-bond acceptors (Lipinski definition) is 6. The number of aliphatic hydroxyl groups excluding tert-OH is 1. The van der Waals surface area contributed by atoms with Crippen LogP contribution < -0.4 is 0 Å². The van der Waals surface area contributed by atoms with E-state index in [1.54, 1.807) is 18.3 Å². The first kappa shape index (κ1) is 18.3. The van der Waals surface area contributed by atoms with Crippen molar-refractivity contribution >= 4 is 0 Å². The van der Waals surface area contributed by atoms with E-state index < -0.39 is 18.6 Å². The third kappa shape index (κ3) is 5.00. The number of aliphatic hydroxyl groups is 1. The second-order valence-corrected chi connectivity index (χ2v) is 5.67. The van der Waals surface area contributed by atoms with E-state index in [9.17, 15) is 13.9 Å². The van der Waals surface area contributed by atoms with Gasteiger partial charge in [0, 0.05) is 12.8 Å². The van der Waals surface area contributed by atoms with Gasteiger partial charge in [0.1, 0.15) is 18.5 Å². The number of tetrazole rings is 1. The Bertz CT molecular complexity index is 592. The highest BCUT2D eigenvalue weighted by Gasteiger charge is 2.32. The molecule has 132 valence electrons. The zero-order chi connectivity index (χ0) is 17.5. The molecule has 24 heavy (non-hydrogen) atoms. The highest BCUT2D eigenvalue weighted by Crippen LogP contribution is 2.23. The number of rotatable bonds is 9. The van der Waals surface area contributed by atoms with Crippen molar-refractivity contribution in [3.8, 4) is 0 Å². The van der Waals surface area contributed by atoms with Gasteiger partial charge in [-0.2, -0.15) is 0 Å². The molecule has 2 rings (SSSR count). The highest BCUT2D eigenvalue weighted by atomic mass is 19.3. The standard InChI is InChI=1S/C15H21F2N5O2/c1-10(2)24-7-3-4-11-5-6-12(18-8-11)13(14(23)15(16)17)22-9-19-20-21-22/h5-6,8-10,13-15,23H,3-4,7H2,1-2H3. The van der Waals surface area contributed by atoms with Crippen molar-refractivity contribution in [1.29, 1.82) is 0 Å². The lowest BCUT2D eigenvalue weighted by molar-refractivity contribution is -0.0292. The van der Waals surface area contributed by atoms with E-state index in [1.807, 2.05) is 13.8 Å². The Kier molecular flexibility index (Phi) is 6.68. The summed E-state index contributed by atoms with van der Waals surface area (Å²) in [7, 11) is 0. The summed E-state index contributed by atoms with van der Waals surface area (Å²) < 4.78 is 32.4. The molecule has 2 aromatic rings. The number of nitrogens with zero attached hydrogens (tertiary/aromatic N) is 5. The summed E-state index contributed by atoms with van der Waals surface area (Å²) in [5.41, 5.74) is 1.24. The fraction of sp³-hybridized carbons (Fsp3) is 0.600. The Morgan fingerprint density at radius 3 is 2.62 bits per heavy atom. The molecule has 0 amide bonds. The first-order chi connectivity index (χ1) is 11.5. The van der Waals surface area contributed by atoms with Gasteiger partial charge in [0.25, 0.3) is 6.43 Å². The lowest BCUT2D eigenvalue weighted by Crippen LogP contribution is -2.32. The number of pyridine rings is 1. The summed E-state index contributed by atoms with van der Waals surface area (Å²) in [6.07, 6.45) is -0.295. The fourth-order valence-corrected chi connectivity index (χ4v) is 2.25. The Morgan fingerprint density at radius 2 is 2.08 bits per heavy atom. The van der Waals surface area contributed by atoms with Crippen molar-refractivity contribution in [2.75, 3.05) is 6.61 Å². The van der Waals surface area contributed by atoms with Gasteiger partial charge in [-0.15, -0.1) is 5.10 Å². The SMILES string of the molecule is CC(C)OCCCc1ccc(C(C(O)C(F)F)n2cnnn2)nc1. The largest absolute Gasteiger partial charge is 0.384 e. The van der Waals surface area contributed by atoms with Gasteiger partial charge in [0.05, 0.1) is 11.8 Å². The number of halogens is 2. The van der Waals surface area contributed by atoms with E-state index in [2.05, 4.69) is 20.5 Å². The minimum Gasteiger partial charge on any atom is -0.384 e. The molecular weight excluding hydrogens is 320 g/mol. The van der Waals surface area contributed by atoms with Gasteiger partial charge in [-0.05, 0) is 48.7 Å². The maximum atomic E-state index is 12.9. The molecule has 9 heteroatoms. The number of aryl methyl sites for hydroxylation is 1. The van der Waals surface area contributed by atoms with Crippen LogP contribution in [0.25, 0.3) is 0 Å². The summed E-state index contributed by atoms with van der Waals surface area (Å²) in [4.78, 5) is 4.20. The van der Waals surface area contributed by atoms with Crippen LogP contribution in [-0.4, -0.2) is 55.5 Å². The summed E-state index contributed by atoms with van der Waals surface area (Å²) in [6, 6.07) is 2.27. The molecule has 0 aromatic carbocycles. The van der Waals surface area contributed by atoms with Crippen LogP contribution in [0.3, 0.4) is 0 Å². The zero-order valence-corrected chi connectivity index (χ0v) is 13.6. The molecular formula is C15H21F2N5O2. The predicted octanol–water partition coefficient (Wildman–Crippen LogP) is 1.64. The lowest BCUT2D eigenvalue weighted by atomic mass is 10.1. The minimum atomic E-state index is -2.94. The fourth-order valence-electron chi connectivity index (χ4n) is 2.25. The Labute approximate surface area is 138 Å². The average molecular weight is 341 g/mol. The molecule has 7 nitrogen and oxygen atoms in total. The molecule has 0 spiro atoms. The normalized spacial score (nSPS) is 14.3. The molecule has 0 aliphatic heterocycles. The number of hydrogen-bond donors (Lipinski definition) is 1. The molecule has 2 aromatic heterocycles. The summed E-state index contributed by atoms with van der Waals surface area (Å²) >= 11 is 0. The van der Waals surface area contributed by atoms with Gasteiger partial charge in [-0.1, -0.05) is 6.07 Å². The van der Waals surface area contributed by atoms with Crippen molar-refractivity contribution in [1.82, 2.24) is 25.2 Å². The van der Waals surface area contributed by atoms with Gasteiger partial charge in [-0.25, -0.2) is 13.5 Å². The quantitative estimate of drug-likeness (QED) is 0.698. The van der Waals surface area contributed by atoms with E-state index in [0.717, 1.165) is 23.1 Å². The molecule has 0 fully saturated rings. The van der Waals surface area contributed by atoms with Crippen LogP contribution in [0, 0.1) is 0 Å². The highest BCUT2D eigenvalue weighted by molar-refractivity contribution is 5.18. The molecule has 0 aliphatic carbocycles. The number of ether oxygens (including phenoxy) is 1. The van der Waals surface area contributed by atoms with Crippen LogP contribution in [0.1, 0.15) is 37.6 Å². The van der Waals surface area contributed by atoms with Crippen LogP contribution in [0.5, 0.6) is 0 Å². The van der Waals surface area contributed by atoms with Crippen LogP contribution in [-0.2, 0) is 11.2 Å². The zero-order valence-electron chi connectivity index (χ0n) is 13.6. The van der Waals surface area contributed by atoms with E-state index in [4.69, 9.17) is 4.74 Å². The summed E-state index contributed by atoms with van der Waals surface area (Å²) in [5, 5.41) is 20.2. The van der Waals surface area contributed by atoms with Crippen molar-refractivity contribution in [2.24, 2.45) is 0 Å². The monoisotopic (exact) mass is 341 g/mol. The Balaban J connectivity index is 2.06. The molecule has 0 saturated carbocycles. The molecule has 0 radical (unpaired) electrons. The molecule has 2 atom stereocenters. The second kappa shape index (κ2) is 8.74. The molecule has 1 N–H and O–H groups in total. The second-order valence-electron chi connectivity index (χ2n) is 5.67. The van der Waals surface area contributed by atoms with Gasteiger partial charge in [0.2, 0.25) is 0 Å². The van der Waals surface area contributed by atoms with E-state index in [1.165, 1.54) is 6.33 Å². The third-order valence-corrected chi connectivity index (χ3v) is 3.44. The van der Waals surface area contributed by atoms with Gasteiger partial charge in [0.15, 0.2) is 0 Å². The smallest absolute Gasteiger partial charge is 0.266 e.